The maximum atomic E-state index is 13.1. The van der Waals surface area contributed by atoms with E-state index in [2.05, 4.69) is 31.9 Å². The largest absolute Gasteiger partial charge is 0.457 e. The second-order valence-corrected chi connectivity index (χ2v) is 15.5. The van der Waals surface area contributed by atoms with Crippen molar-refractivity contribution < 1.29 is 40.8 Å². The molecule has 0 aliphatic carbocycles. The van der Waals surface area contributed by atoms with E-state index in [4.69, 9.17) is 4.74 Å². The summed E-state index contributed by atoms with van der Waals surface area (Å²) in [5.41, 5.74) is 1.33. The highest BCUT2D eigenvalue weighted by Gasteiger charge is 2.24. The van der Waals surface area contributed by atoms with Crippen LogP contribution in [0.5, 0.6) is 11.5 Å². The molecule has 0 atom stereocenters. The third-order valence-corrected chi connectivity index (χ3v) is 10.6. The first kappa shape index (κ1) is 40.8. The van der Waals surface area contributed by atoms with Gasteiger partial charge >= 0.3 is 24.1 Å². The predicted molar refractivity (Wildman–Crippen MR) is 223 cm³/mol. The summed E-state index contributed by atoms with van der Waals surface area (Å²) in [6.07, 6.45) is 0. The van der Waals surface area contributed by atoms with Gasteiger partial charge in [0, 0.05) is 22.7 Å². The van der Waals surface area contributed by atoms with E-state index in [0.29, 0.717) is 22.9 Å². The number of carbonyl (C=O) groups is 4. The molecule has 0 aromatic heterocycles. The number of anilines is 6. The van der Waals surface area contributed by atoms with E-state index in [9.17, 15) is 36.0 Å². The molecule has 17 nitrogen and oxygen atoms in total. The van der Waals surface area contributed by atoms with Gasteiger partial charge in [0.1, 0.15) is 21.3 Å². The smallest absolute Gasteiger partial charge is 0.333 e. The molecule has 0 aliphatic rings. The topological polar surface area (TPSA) is 242 Å². The highest BCUT2D eigenvalue weighted by Crippen LogP contribution is 2.26. The van der Waals surface area contributed by atoms with Gasteiger partial charge in [-0.05, 0) is 97.1 Å². The van der Waals surface area contributed by atoms with Crippen LogP contribution in [0.25, 0.3) is 0 Å². The van der Waals surface area contributed by atoms with Gasteiger partial charge in [-0.2, -0.15) is 0 Å². The van der Waals surface area contributed by atoms with Crippen LogP contribution >= 0.6 is 0 Å². The first-order valence-electron chi connectivity index (χ1n) is 17.3. The highest BCUT2D eigenvalue weighted by molar-refractivity contribution is 7.90. The Labute approximate surface area is 338 Å². The Hall–Kier alpha value is -7.90. The van der Waals surface area contributed by atoms with Crippen LogP contribution < -0.4 is 46.1 Å². The van der Waals surface area contributed by atoms with Gasteiger partial charge in [-0.15, -0.1) is 0 Å². The Morgan fingerprint density at radius 3 is 1.02 bits per heavy atom. The first-order valence-corrected chi connectivity index (χ1v) is 20.3. The number of sulfonamides is 2. The van der Waals surface area contributed by atoms with Crippen LogP contribution in [0.4, 0.5) is 53.3 Å². The summed E-state index contributed by atoms with van der Waals surface area (Å²) in [7, 11) is -8.86. The van der Waals surface area contributed by atoms with E-state index < -0.39 is 44.2 Å². The number of rotatable bonds is 12. The van der Waals surface area contributed by atoms with Gasteiger partial charge in [0.15, 0.2) is 0 Å². The van der Waals surface area contributed by atoms with Crippen molar-refractivity contribution >= 4 is 78.3 Å². The van der Waals surface area contributed by atoms with Crippen LogP contribution in [0.15, 0.2) is 168 Å². The van der Waals surface area contributed by atoms with Gasteiger partial charge < -0.3 is 36.6 Å². The molecule has 0 radical (unpaired) electrons. The van der Waals surface area contributed by atoms with Crippen LogP contribution in [0.1, 0.15) is 0 Å². The Morgan fingerprint density at radius 2 is 0.644 bits per heavy atom. The molecule has 300 valence electrons. The Balaban J connectivity index is 0.989. The molecule has 0 spiro atoms. The number of hydrogen-bond acceptors (Lipinski definition) is 9. The van der Waals surface area contributed by atoms with Crippen LogP contribution in [-0.4, -0.2) is 41.0 Å². The van der Waals surface area contributed by atoms with Crippen molar-refractivity contribution in [1.82, 2.24) is 9.44 Å². The van der Waals surface area contributed by atoms with Crippen molar-refractivity contribution in [2.24, 2.45) is 0 Å². The average molecular weight is 835 g/mol. The third kappa shape index (κ3) is 11.6. The fourth-order valence-corrected chi connectivity index (χ4v) is 7.38. The Bertz CT molecular complexity index is 2500. The lowest BCUT2D eigenvalue weighted by Gasteiger charge is -2.14. The lowest BCUT2D eigenvalue weighted by atomic mass is 10.3. The number of urea groups is 4. The van der Waals surface area contributed by atoms with Crippen LogP contribution in [0, 0.1) is 0 Å². The standard InChI is InChI=1S/C40H34N8O9S2/c49-37(41-27-11-3-1-4-12-27)45-33-15-7-9-17-35(33)58(53,54)47-39(51)43-29-19-23-31(24-20-29)57-32-25-21-30(22-26-32)44-40(52)48-59(55,56)36-18-10-8-16-34(36)46-38(50)42-28-13-5-2-6-14-28/h1-26H,(H2,41,45,49)(H2,42,46,50)(H2,43,47,51)(H2,44,48,52). The third-order valence-electron chi connectivity index (χ3n) is 7.83. The molecule has 0 bridgehead atoms. The minimum atomic E-state index is -4.43. The Morgan fingerprint density at radius 1 is 0.339 bits per heavy atom. The molecule has 6 aromatic rings. The van der Waals surface area contributed by atoms with Gasteiger partial charge in [0.25, 0.3) is 20.0 Å². The van der Waals surface area contributed by atoms with Crippen LogP contribution in [-0.2, 0) is 20.0 Å². The lowest BCUT2D eigenvalue weighted by Crippen LogP contribution is -2.35. The molecular weight excluding hydrogens is 801 g/mol. The minimum Gasteiger partial charge on any atom is -0.457 e. The zero-order chi connectivity index (χ0) is 41.8. The van der Waals surface area contributed by atoms with Crippen molar-refractivity contribution in [2.45, 2.75) is 9.79 Å². The molecule has 0 saturated carbocycles. The van der Waals surface area contributed by atoms with Crippen LogP contribution in [0.3, 0.4) is 0 Å². The normalized spacial score (nSPS) is 10.9. The number of nitrogens with one attached hydrogen (secondary N) is 8. The number of carbonyl (C=O) groups excluding carboxylic acids is 4. The minimum absolute atomic E-state index is 0.0549. The monoisotopic (exact) mass is 834 g/mol. The fourth-order valence-electron chi connectivity index (χ4n) is 5.24. The number of para-hydroxylation sites is 4. The van der Waals surface area contributed by atoms with Crippen molar-refractivity contribution in [3.63, 3.8) is 0 Å². The SMILES string of the molecule is O=C(Nc1ccccc1)Nc1ccccc1S(=O)(=O)NC(=O)Nc1ccc(Oc2ccc(NC(=O)NS(=O)(=O)c3ccccc3NC(=O)Nc3ccccc3)cc2)cc1. The molecular formula is C40H34N8O9S2. The quantitative estimate of drug-likeness (QED) is 0.0599. The van der Waals surface area contributed by atoms with E-state index in [1.165, 1.54) is 97.1 Å². The van der Waals surface area contributed by atoms with Crippen molar-refractivity contribution in [3.05, 3.63) is 158 Å². The zero-order valence-electron chi connectivity index (χ0n) is 30.5. The number of hydrogen-bond donors (Lipinski definition) is 8. The van der Waals surface area contributed by atoms with E-state index in [1.807, 2.05) is 9.44 Å². The van der Waals surface area contributed by atoms with Crippen molar-refractivity contribution in [2.75, 3.05) is 31.9 Å². The summed E-state index contributed by atoms with van der Waals surface area (Å²) < 4.78 is 62.1. The molecule has 0 aliphatic heterocycles. The van der Waals surface area contributed by atoms with E-state index in [1.54, 1.807) is 60.7 Å². The lowest BCUT2D eigenvalue weighted by molar-refractivity contribution is 0.255. The van der Waals surface area contributed by atoms with E-state index in [-0.39, 0.29) is 32.5 Å². The van der Waals surface area contributed by atoms with E-state index >= 15 is 0 Å². The van der Waals surface area contributed by atoms with Gasteiger partial charge in [-0.25, -0.2) is 45.5 Å². The number of amides is 8. The highest BCUT2D eigenvalue weighted by atomic mass is 32.2. The van der Waals surface area contributed by atoms with Gasteiger partial charge in [-0.3, -0.25) is 0 Å². The molecule has 0 unspecified atom stereocenters. The van der Waals surface area contributed by atoms with E-state index in [0.717, 1.165) is 0 Å². The molecule has 8 N–H and O–H groups in total. The summed E-state index contributed by atoms with van der Waals surface area (Å²) in [4.78, 5) is 49.7. The second kappa shape index (κ2) is 18.4. The first-order chi connectivity index (χ1) is 28.3. The number of benzene rings is 6. The van der Waals surface area contributed by atoms with Crippen molar-refractivity contribution in [3.8, 4) is 11.5 Å². The molecule has 6 aromatic carbocycles. The zero-order valence-corrected chi connectivity index (χ0v) is 32.1. The summed E-state index contributed by atoms with van der Waals surface area (Å²) in [5.74, 6) is 0.679. The maximum Gasteiger partial charge on any atom is 0.333 e. The molecule has 0 saturated heterocycles. The van der Waals surface area contributed by atoms with Crippen molar-refractivity contribution in [1.29, 1.82) is 0 Å². The summed E-state index contributed by atoms with van der Waals surface area (Å²) in [6, 6.07) is 36.7. The Kier molecular flexibility index (Phi) is 12.7. The average Bonchev–Trinajstić information content (AvgIpc) is 3.20. The van der Waals surface area contributed by atoms with Gasteiger partial charge in [-0.1, -0.05) is 60.7 Å². The molecule has 8 amide bonds. The summed E-state index contributed by atoms with van der Waals surface area (Å²) in [5, 5.41) is 15.0. The fraction of sp³-hybridized carbons (Fsp3) is 0. The maximum absolute atomic E-state index is 13.1. The predicted octanol–water partition coefficient (Wildman–Crippen LogP) is 7.79. The van der Waals surface area contributed by atoms with Gasteiger partial charge in [0.05, 0.1) is 11.4 Å². The molecule has 19 heteroatoms. The molecule has 0 heterocycles. The molecule has 0 fully saturated rings. The summed E-state index contributed by atoms with van der Waals surface area (Å²) >= 11 is 0. The molecule has 59 heavy (non-hydrogen) atoms. The summed E-state index contributed by atoms with van der Waals surface area (Å²) in [6.45, 7) is 0. The molecule has 6 rings (SSSR count). The second-order valence-electron chi connectivity index (χ2n) is 12.2. The van der Waals surface area contributed by atoms with Crippen LogP contribution in [0.2, 0.25) is 0 Å². The van der Waals surface area contributed by atoms with Gasteiger partial charge in [0.2, 0.25) is 0 Å². The number of ether oxygens (including phenoxy) is 1.